The zero-order valence-electron chi connectivity index (χ0n) is 17.4. The van der Waals surface area contributed by atoms with E-state index in [-0.39, 0.29) is 15.5 Å². The number of nitrogens with zero attached hydrogens (tertiary/aromatic N) is 1. The number of benzene rings is 4. The Morgan fingerprint density at radius 3 is 1.85 bits per heavy atom. The molecule has 0 unspecified atom stereocenters. The van der Waals surface area contributed by atoms with Crippen molar-refractivity contribution in [3.8, 4) is 22.4 Å². The Bertz CT molecular complexity index is 1570. The van der Waals surface area contributed by atoms with Crippen LogP contribution in [0.5, 0.6) is 0 Å². The molecule has 0 aliphatic rings. The molecule has 0 N–H and O–H groups in total. The van der Waals surface area contributed by atoms with Crippen molar-refractivity contribution in [3.05, 3.63) is 119 Å². The fourth-order valence-electron chi connectivity index (χ4n) is 4.05. The first-order valence-corrected chi connectivity index (χ1v) is 12.1. The molecule has 0 spiro atoms. The summed E-state index contributed by atoms with van der Waals surface area (Å²) in [4.78, 5) is 0.0663. The molecule has 0 aliphatic heterocycles. The van der Waals surface area contributed by atoms with E-state index in [1.807, 2.05) is 36.4 Å². The van der Waals surface area contributed by atoms with Gasteiger partial charge in [-0.05, 0) is 42.0 Å². The Balaban J connectivity index is 2.05. The Morgan fingerprint density at radius 2 is 1.24 bits per heavy atom. The fraction of sp³-hybridized carbons (Fsp3) is 0. The molecule has 162 valence electrons. The normalized spacial score (nSPS) is 11.5. The first-order chi connectivity index (χ1) is 16.0. The summed E-state index contributed by atoms with van der Waals surface area (Å²) < 4.78 is 28.9. The van der Waals surface area contributed by atoms with E-state index in [9.17, 15) is 13.6 Å². The van der Waals surface area contributed by atoms with Crippen molar-refractivity contribution in [1.29, 1.82) is 0 Å². The lowest BCUT2D eigenvalue weighted by Crippen LogP contribution is -2.33. The van der Waals surface area contributed by atoms with Crippen LogP contribution in [0.15, 0.2) is 119 Å². The third-order valence-corrected chi connectivity index (χ3v) is 7.59. The van der Waals surface area contributed by atoms with Crippen molar-refractivity contribution in [2.24, 2.45) is 0 Å². The third kappa shape index (κ3) is 3.65. The quantitative estimate of drug-likeness (QED) is 0.228. The van der Waals surface area contributed by atoms with Crippen LogP contribution < -0.4 is 4.73 Å². The van der Waals surface area contributed by atoms with Crippen molar-refractivity contribution >= 4 is 32.3 Å². The lowest BCUT2D eigenvalue weighted by atomic mass is 9.98. The fourth-order valence-corrected chi connectivity index (χ4v) is 5.93. The first kappa shape index (κ1) is 21.2. The SMILES string of the molecule is O=S(=O)(c1ccccc1)c1c(-c2ccccc2)c2cc(Cl)ccc2[n+]([O-])c1-c1ccccc1. The second-order valence-electron chi connectivity index (χ2n) is 7.56. The van der Waals surface area contributed by atoms with Gasteiger partial charge in [-0.1, -0.05) is 78.3 Å². The average molecular weight is 472 g/mol. The van der Waals surface area contributed by atoms with E-state index in [1.54, 1.807) is 60.7 Å². The number of aromatic nitrogens is 1. The molecule has 0 amide bonds. The van der Waals surface area contributed by atoms with Crippen LogP contribution in [0.4, 0.5) is 0 Å². The Kier molecular flexibility index (Phi) is 5.36. The number of sulfone groups is 1. The van der Waals surface area contributed by atoms with Gasteiger partial charge in [0.15, 0.2) is 4.90 Å². The first-order valence-electron chi connectivity index (χ1n) is 10.3. The number of pyridine rings is 1. The van der Waals surface area contributed by atoms with Gasteiger partial charge in [-0.25, -0.2) is 8.42 Å². The largest absolute Gasteiger partial charge is 0.618 e. The summed E-state index contributed by atoms with van der Waals surface area (Å²) in [5.41, 5.74) is 2.05. The number of fused-ring (bicyclic) bond motifs is 1. The van der Waals surface area contributed by atoms with Gasteiger partial charge in [-0.15, -0.1) is 0 Å². The maximum absolute atomic E-state index is 14.1. The van der Waals surface area contributed by atoms with Crippen LogP contribution in [0.2, 0.25) is 5.02 Å². The molecule has 33 heavy (non-hydrogen) atoms. The van der Waals surface area contributed by atoms with Gasteiger partial charge in [0, 0.05) is 22.2 Å². The molecule has 0 aliphatic carbocycles. The maximum Gasteiger partial charge on any atom is 0.244 e. The van der Waals surface area contributed by atoms with Gasteiger partial charge in [-0.2, -0.15) is 4.73 Å². The van der Waals surface area contributed by atoms with Crippen LogP contribution in [0, 0.1) is 5.21 Å². The molecule has 4 aromatic carbocycles. The molecule has 1 aromatic heterocycles. The monoisotopic (exact) mass is 471 g/mol. The van der Waals surface area contributed by atoms with Crippen molar-refractivity contribution in [1.82, 2.24) is 0 Å². The van der Waals surface area contributed by atoms with Gasteiger partial charge in [0.25, 0.3) is 0 Å². The lowest BCUT2D eigenvalue weighted by molar-refractivity contribution is -0.566. The molecule has 6 heteroatoms. The number of halogens is 1. The Labute approximate surface area is 196 Å². The summed E-state index contributed by atoms with van der Waals surface area (Å²) >= 11 is 6.31. The molecule has 5 rings (SSSR count). The maximum atomic E-state index is 14.1. The number of hydrogen-bond donors (Lipinski definition) is 0. The second kappa shape index (κ2) is 8.35. The summed E-state index contributed by atoms with van der Waals surface area (Å²) in [5, 5.41) is 14.6. The highest BCUT2D eigenvalue weighted by molar-refractivity contribution is 7.91. The molecule has 4 nitrogen and oxygen atoms in total. The van der Waals surface area contributed by atoms with Gasteiger partial charge in [0.05, 0.1) is 10.3 Å². The highest BCUT2D eigenvalue weighted by Crippen LogP contribution is 2.41. The summed E-state index contributed by atoms with van der Waals surface area (Å²) in [6.45, 7) is 0. The van der Waals surface area contributed by atoms with Gasteiger partial charge in [-0.3, -0.25) is 0 Å². The van der Waals surface area contributed by atoms with E-state index in [1.165, 1.54) is 12.1 Å². The minimum Gasteiger partial charge on any atom is -0.618 e. The molecule has 0 atom stereocenters. The smallest absolute Gasteiger partial charge is 0.244 e. The second-order valence-corrected chi connectivity index (χ2v) is 9.88. The summed E-state index contributed by atoms with van der Waals surface area (Å²) in [6.07, 6.45) is 0. The summed E-state index contributed by atoms with van der Waals surface area (Å²) in [5.74, 6) is 0. The van der Waals surface area contributed by atoms with E-state index >= 15 is 0 Å². The summed E-state index contributed by atoms with van der Waals surface area (Å²) in [6, 6.07) is 31.1. The van der Waals surface area contributed by atoms with E-state index in [0.29, 0.717) is 37.3 Å². The molecule has 0 fully saturated rings. The number of rotatable bonds is 4. The molecule has 5 aromatic rings. The highest BCUT2D eigenvalue weighted by Gasteiger charge is 2.35. The van der Waals surface area contributed by atoms with Crippen LogP contribution in [-0.2, 0) is 9.84 Å². The topological polar surface area (TPSA) is 61.1 Å². The molecular weight excluding hydrogens is 454 g/mol. The minimum absolute atomic E-state index is 0.0455. The van der Waals surface area contributed by atoms with Gasteiger partial charge in [0.1, 0.15) is 0 Å². The van der Waals surface area contributed by atoms with Crippen LogP contribution in [-0.4, -0.2) is 8.42 Å². The summed E-state index contributed by atoms with van der Waals surface area (Å²) in [7, 11) is -4.09. The average Bonchev–Trinajstić information content (AvgIpc) is 2.85. The Hall–Kier alpha value is -3.67. The molecule has 0 saturated carbocycles. The van der Waals surface area contributed by atoms with Crippen LogP contribution >= 0.6 is 11.6 Å². The van der Waals surface area contributed by atoms with Crippen molar-refractivity contribution in [2.75, 3.05) is 0 Å². The van der Waals surface area contributed by atoms with Crippen molar-refractivity contribution in [3.63, 3.8) is 0 Å². The van der Waals surface area contributed by atoms with Gasteiger partial charge >= 0.3 is 0 Å². The minimum atomic E-state index is -4.09. The zero-order chi connectivity index (χ0) is 23.0. The van der Waals surface area contributed by atoms with Crippen LogP contribution in [0.3, 0.4) is 0 Å². The van der Waals surface area contributed by atoms with Crippen molar-refractivity contribution in [2.45, 2.75) is 9.79 Å². The van der Waals surface area contributed by atoms with Crippen LogP contribution in [0.1, 0.15) is 0 Å². The van der Waals surface area contributed by atoms with Gasteiger partial charge < -0.3 is 5.21 Å². The van der Waals surface area contributed by atoms with E-state index in [2.05, 4.69) is 0 Å². The highest BCUT2D eigenvalue weighted by atomic mass is 35.5. The Morgan fingerprint density at radius 1 is 0.697 bits per heavy atom. The molecule has 0 bridgehead atoms. The molecule has 0 saturated heterocycles. The third-order valence-electron chi connectivity index (χ3n) is 5.52. The van der Waals surface area contributed by atoms with Crippen LogP contribution in [0.25, 0.3) is 33.3 Å². The predicted molar refractivity (Wildman–Crippen MR) is 131 cm³/mol. The lowest BCUT2D eigenvalue weighted by Gasteiger charge is -2.19. The standard InChI is InChI=1S/C27H18ClNO3S/c28-21-16-17-24-23(18-21)25(19-10-4-1-5-11-19)27(33(31,32)22-14-8-3-9-15-22)26(29(24)30)20-12-6-2-7-13-20/h1-18H. The van der Waals surface area contributed by atoms with E-state index < -0.39 is 9.84 Å². The van der Waals surface area contributed by atoms with E-state index in [4.69, 9.17) is 11.6 Å². The predicted octanol–water partition coefficient (Wildman–Crippen LogP) is 6.29. The molecular formula is C27H18ClNO3S. The molecule has 1 heterocycles. The number of hydrogen-bond acceptors (Lipinski definition) is 3. The van der Waals surface area contributed by atoms with E-state index in [0.717, 1.165) is 0 Å². The van der Waals surface area contributed by atoms with Crippen molar-refractivity contribution < 1.29 is 13.1 Å². The zero-order valence-corrected chi connectivity index (χ0v) is 18.9. The van der Waals surface area contributed by atoms with Gasteiger partial charge in [0.2, 0.25) is 21.0 Å². The molecule has 0 radical (unpaired) electrons.